The molecule has 0 aliphatic heterocycles. The Balaban J connectivity index is 1.64. The highest BCUT2D eigenvalue weighted by atomic mass is 16.4. The van der Waals surface area contributed by atoms with E-state index < -0.39 is 5.41 Å². The molecule has 0 unspecified atom stereocenters. The minimum absolute atomic E-state index is 0.0350. The zero-order chi connectivity index (χ0) is 13.5. The third-order valence-electron chi connectivity index (χ3n) is 5.43. The molecule has 106 valence electrons. The summed E-state index contributed by atoms with van der Waals surface area (Å²) in [5, 5.41) is 15.1. The third kappa shape index (κ3) is 2.09. The van der Waals surface area contributed by atoms with Crippen LogP contribution in [0.15, 0.2) is 5.16 Å². The van der Waals surface area contributed by atoms with E-state index in [9.17, 15) is 4.79 Å². The van der Waals surface area contributed by atoms with Crippen molar-refractivity contribution in [1.82, 2.24) is 5.32 Å². The number of nitrogens with zero attached hydrogens (tertiary/aromatic N) is 1. The molecular formula is C14H23N3O2. The van der Waals surface area contributed by atoms with Gasteiger partial charge in [0.1, 0.15) is 5.41 Å². The maximum absolute atomic E-state index is 12.5. The van der Waals surface area contributed by atoms with Gasteiger partial charge in [-0.15, -0.1) is 0 Å². The van der Waals surface area contributed by atoms with Gasteiger partial charge in [-0.1, -0.05) is 18.0 Å². The van der Waals surface area contributed by atoms with Crippen LogP contribution in [0.1, 0.15) is 51.4 Å². The largest absolute Gasteiger partial charge is 0.409 e. The normalized spacial score (nSPS) is 28.1. The van der Waals surface area contributed by atoms with Crippen LogP contribution in [0.3, 0.4) is 0 Å². The van der Waals surface area contributed by atoms with Gasteiger partial charge >= 0.3 is 0 Å². The molecule has 0 spiro atoms. The van der Waals surface area contributed by atoms with Crippen molar-refractivity contribution >= 4 is 11.7 Å². The zero-order valence-corrected chi connectivity index (χ0v) is 11.3. The van der Waals surface area contributed by atoms with Gasteiger partial charge in [-0.3, -0.25) is 4.79 Å². The first kappa shape index (κ1) is 12.8. The minimum atomic E-state index is -0.756. The first-order valence-corrected chi connectivity index (χ1v) is 7.39. The molecule has 3 aliphatic rings. The first-order valence-electron chi connectivity index (χ1n) is 7.39. The standard InChI is InChI=1S/C14H23N3O2/c15-11(17-19)14(5-1-2-6-14)12(18)16-9-13(7-8-13)10-3-4-10/h10,19H,1-9H2,(H2,15,17)(H,16,18). The van der Waals surface area contributed by atoms with E-state index in [-0.39, 0.29) is 11.7 Å². The quantitative estimate of drug-likeness (QED) is 0.305. The van der Waals surface area contributed by atoms with Crippen molar-refractivity contribution in [2.45, 2.75) is 51.4 Å². The number of hydrogen-bond acceptors (Lipinski definition) is 3. The Labute approximate surface area is 113 Å². The van der Waals surface area contributed by atoms with Crippen LogP contribution >= 0.6 is 0 Å². The summed E-state index contributed by atoms with van der Waals surface area (Å²) in [5.74, 6) is 0.877. The van der Waals surface area contributed by atoms with Crippen molar-refractivity contribution < 1.29 is 10.0 Å². The van der Waals surface area contributed by atoms with Crippen LogP contribution in [0.2, 0.25) is 0 Å². The molecule has 3 fully saturated rings. The van der Waals surface area contributed by atoms with Gasteiger partial charge in [-0.2, -0.15) is 0 Å². The Morgan fingerprint density at radius 2 is 1.89 bits per heavy atom. The number of nitrogens with one attached hydrogen (secondary N) is 1. The van der Waals surface area contributed by atoms with Crippen LogP contribution < -0.4 is 11.1 Å². The summed E-state index contributed by atoms with van der Waals surface area (Å²) in [7, 11) is 0. The van der Waals surface area contributed by atoms with Crippen molar-refractivity contribution in [2.24, 2.45) is 27.6 Å². The molecule has 3 rings (SSSR count). The number of carbonyl (C=O) groups excluding carboxylic acids is 1. The highest BCUT2D eigenvalue weighted by molar-refractivity contribution is 6.07. The number of rotatable bonds is 5. The van der Waals surface area contributed by atoms with Crippen LogP contribution in [0.4, 0.5) is 0 Å². The summed E-state index contributed by atoms with van der Waals surface area (Å²) >= 11 is 0. The van der Waals surface area contributed by atoms with Crippen LogP contribution in [0.25, 0.3) is 0 Å². The second-order valence-electron chi connectivity index (χ2n) is 6.59. The summed E-state index contributed by atoms with van der Waals surface area (Å²) in [6.45, 7) is 0.775. The predicted molar refractivity (Wildman–Crippen MR) is 71.7 cm³/mol. The summed E-state index contributed by atoms with van der Waals surface area (Å²) in [5.41, 5.74) is 5.41. The second-order valence-corrected chi connectivity index (χ2v) is 6.59. The highest BCUT2D eigenvalue weighted by Gasteiger charge is 2.54. The third-order valence-corrected chi connectivity index (χ3v) is 5.43. The van der Waals surface area contributed by atoms with Gasteiger partial charge in [0, 0.05) is 6.54 Å². The van der Waals surface area contributed by atoms with E-state index in [4.69, 9.17) is 10.9 Å². The maximum Gasteiger partial charge on any atom is 0.233 e. The summed E-state index contributed by atoms with van der Waals surface area (Å²) in [6, 6.07) is 0. The first-order chi connectivity index (χ1) is 9.13. The SMILES string of the molecule is NC(=NO)C1(C(=O)NCC2(C3CC3)CC2)CCCC1. The Morgan fingerprint density at radius 3 is 2.37 bits per heavy atom. The van der Waals surface area contributed by atoms with E-state index in [1.807, 2.05) is 0 Å². The molecule has 0 heterocycles. The maximum atomic E-state index is 12.5. The molecule has 0 radical (unpaired) electrons. The van der Waals surface area contributed by atoms with Gasteiger partial charge in [0.25, 0.3) is 0 Å². The second kappa shape index (κ2) is 4.39. The summed E-state index contributed by atoms with van der Waals surface area (Å²) in [4.78, 5) is 12.5. The van der Waals surface area contributed by atoms with Crippen LogP contribution in [-0.4, -0.2) is 23.5 Å². The number of amides is 1. The van der Waals surface area contributed by atoms with E-state index in [1.165, 1.54) is 25.7 Å². The monoisotopic (exact) mass is 265 g/mol. The van der Waals surface area contributed by atoms with E-state index in [1.54, 1.807) is 0 Å². The zero-order valence-electron chi connectivity index (χ0n) is 11.3. The molecule has 0 atom stereocenters. The van der Waals surface area contributed by atoms with Crippen LogP contribution in [0, 0.1) is 16.7 Å². The lowest BCUT2D eigenvalue weighted by Crippen LogP contribution is -2.49. The molecule has 1 amide bonds. The van der Waals surface area contributed by atoms with E-state index >= 15 is 0 Å². The fourth-order valence-electron chi connectivity index (χ4n) is 3.68. The molecule has 4 N–H and O–H groups in total. The fourth-order valence-corrected chi connectivity index (χ4v) is 3.68. The van der Waals surface area contributed by atoms with Crippen molar-refractivity contribution in [3.63, 3.8) is 0 Å². The van der Waals surface area contributed by atoms with Crippen molar-refractivity contribution in [3.05, 3.63) is 0 Å². The van der Waals surface area contributed by atoms with E-state index in [0.717, 1.165) is 25.3 Å². The molecular weight excluding hydrogens is 242 g/mol. The van der Waals surface area contributed by atoms with Gasteiger partial charge in [-0.25, -0.2) is 0 Å². The van der Waals surface area contributed by atoms with Crippen molar-refractivity contribution in [1.29, 1.82) is 0 Å². The van der Waals surface area contributed by atoms with Gasteiger partial charge in [0.05, 0.1) is 0 Å². The Bertz CT molecular complexity index is 405. The Kier molecular flexibility index (Phi) is 2.95. The number of nitrogens with two attached hydrogens (primary N) is 1. The molecule has 0 aromatic heterocycles. The lowest BCUT2D eigenvalue weighted by Gasteiger charge is -2.27. The van der Waals surface area contributed by atoms with Gasteiger partial charge < -0.3 is 16.3 Å². The smallest absolute Gasteiger partial charge is 0.233 e. The summed E-state index contributed by atoms with van der Waals surface area (Å²) < 4.78 is 0. The predicted octanol–water partition coefficient (Wildman–Crippen LogP) is 1.60. The molecule has 5 heteroatoms. The minimum Gasteiger partial charge on any atom is -0.409 e. The Morgan fingerprint density at radius 1 is 1.26 bits per heavy atom. The number of amidine groups is 1. The van der Waals surface area contributed by atoms with Gasteiger partial charge in [0.2, 0.25) is 5.91 Å². The van der Waals surface area contributed by atoms with Crippen molar-refractivity contribution in [3.8, 4) is 0 Å². The molecule has 0 aromatic carbocycles. The van der Waals surface area contributed by atoms with Crippen LogP contribution in [-0.2, 0) is 4.79 Å². The molecule has 0 bridgehead atoms. The fraction of sp³-hybridized carbons (Fsp3) is 0.857. The molecule has 3 saturated carbocycles. The van der Waals surface area contributed by atoms with Crippen molar-refractivity contribution in [2.75, 3.05) is 6.54 Å². The van der Waals surface area contributed by atoms with E-state index in [2.05, 4.69) is 10.5 Å². The number of oxime groups is 1. The average Bonchev–Trinajstić information content (AvgIpc) is 3.33. The highest BCUT2D eigenvalue weighted by Crippen LogP contribution is 2.60. The average molecular weight is 265 g/mol. The molecule has 0 aromatic rings. The molecule has 5 nitrogen and oxygen atoms in total. The van der Waals surface area contributed by atoms with Gasteiger partial charge in [0.15, 0.2) is 5.84 Å². The molecule has 3 aliphatic carbocycles. The lowest BCUT2D eigenvalue weighted by atomic mass is 9.83. The molecule has 0 saturated heterocycles. The Hall–Kier alpha value is -1.26. The lowest BCUT2D eigenvalue weighted by molar-refractivity contribution is -0.127. The topological polar surface area (TPSA) is 87.7 Å². The summed E-state index contributed by atoms with van der Waals surface area (Å²) in [6.07, 6.45) is 8.47. The van der Waals surface area contributed by atoms with Gasteiger partial charge in [-0.05, 0) is 49.9 Å². The van der Waals surface area contributed by atoms with E-state index in [0.29, 0.717) is 18.3 Å². The number of hydrogen-bond donors (Lipinski definition) is 3. The molecule has 19 heavy (non-hydrogen) atoms. The number of carbonyl (C=O) groups is 1. The van der Waals surface area contributed by atoms with Crippen LogP contribution in [0.5, 0.6) is 0 Å².